The Bertz CT molecular complexity index is 1320. The molecule has 1 amide bonds. The number of fused-ring (bicyclic) bond motifs is 2. The van der Waals surface area contributed by atoms with E-state index in [0.717, 1.165) is 16.8 Å². The highest BCUT2D eigenvalue weighted by molar-refractivity contribution is 8.16. The van der Waals surface area contributed by atoms with Gasteiger partial charge in [-0.3, -0.25) is 4.79 Å². The number of nitrogens with one attached hydrogen (secondary N) is 1. The van der Waals surface area contributed by atoms with Crippen molar-refractivity contribution in [2.75, 3.05) is 13.4 Å². The molecular formula is C26H24ClN3O5S. The lowest BCUT2D eigenvalue weighted by atomic mass is 9.94. The molecule has 10 heteroatoms. The molecule has 0 saturated carbocycles. The molecule has 2 aromatic carbocycles. The number of allylic oxidation sites excluding steroid dienone is 1. The monoisotopic (exact) mass is 525 g/mol. The van der Waals surface area contributed by atoms with E-state index in [1.807, 2.05) is 46.7 Å². The van der Waals surface area contributed by atoms with Gasteiger partial charge in [0.05, 0.1) is 30.3 Å². The summed E-state index contributed by atoms with van der Waals surface area (Å²) >= 11 is 7.73. The first-order valence-corrected chi connectivity index (χ1v) is 12.7. The van der Waals surface area contributed by atoms with E-state index in [0.29, 0.717) is 39.5 Å². The molecule has 1 atom stereocenters. The number of benzene rings is 2. The van der Waals surface area contributed by atoms with Crippen LogP contribution in [0.5, 0.6) is 11.5 Å². The highest BCUT2D eigenvalue weighted by atomic mass is 35.5. The molecule has 0 aromatic heterocycles. The number of hydrogen-bond donors (Lipinski definition) is 1. The molecule has 0 aliphatic carbocycles. The Morgan fingerprint density at radius 2 is 2.06 bits per heavy atom. The lowest BCUT2D eigenvalue weighted by Crippen LogP contribution is -2.38. The first kappa shape index (κ1) is 24.3. The summed E-state index contributed by atoms with van der Waals surface area (Å²) in [6, 6.07) is 12.4. The zero-order valence-electron chi connectivity index (χ0n) is 19.7. The SMILES string of the molecule is CCOC(=O)C1=C(C)N=C2SC=C(CC(=O)NCc3ccc4c(c3)OCO4)N2C1c1cccc(Cl)c1. The fraction of sp³-hybridized carbons (Fsp3) is 0.269. The molecule has 0 radical (unpaired) electrons. The lowest BCUT2D eigenvalue weighted by molar-refractivity contribution is -0.139. The van der Waals surface area contributed by atoms with Crippen LogP contribution in [0.25, 0.3) is 0 Å². The number of nitrogens with zero attached hydrogens (tertiary/aromatic N) is 2. The molecule has 5 rings (SSSR count). The Labute approximate surface area is 217 Å². The molecule has 186 valence electrons. The lowest BCUT2D eigenvalue weighted by Gasteiger charge is -2.36. The van der Waals surface area contributed by atoms with E-state index >= 15 is 0 Å². The van der Waals surface area contributed by atoms with Crippen LogP contribution in [-0.4, -0.2) is 35.3 Å². The fourth-order valence-corrected chi connectivity index (χ4v) is 5.47. The van der Waals surface area contributed by atoms with E-state index in [4.69, 9.17) is 25.8 Å². The number of ether oxygens (including phenoxy) is 3. The molecule has 0 fully saturated rings. The van der Waals surface area contributed by atoms with E-state index in [1.54, 1.807) is 19.9 Å². The molecule has 3 aliphatic rings. The first-order chi connectivity index (χ1) is 17.4. The number of hydrogen-bond acceptors (Lipinski definition) is 8. The van der Waals surface area contributed by atoms with Crippen LogP contribution in [0.4, 0.5) is 0 Å². The van der Waals surface area contributed by atoms with Crippen LogP contribution in [-0.2, 0) is 20.9 Å². The van der Waals surface area contributed by atoms with Crippen molar-refractivity contribution in [1.29, 1.82) is 0 Å². The number of aliphatic imine (C=N–C) groups is 1. The molecule has 2 aromatic rings. The number of thioether (sulfide) groups is 1. The number of amides is 1. The maximum Gasteiger partial charge on any atom is 0.338 e. The van der Waals surface area contributed by atoms with Crippen LogP contribution < -0.4 is 14.8 Å². The molecule has 3 heterocycles. The van der Waals surface area contributed by atoms with Crippen molar-refractivity contribution in [1.82, 2.24) is 10.2 Å². The van der Waals surface area contributed by atoms with Crippen molar-refractivity contribution in [2.45, 2.75) is 32.9 Å². The van der Waals surface area contributed by atoms with Crippen molar-refractivity contribution in [3.05, 3.63) is 81.0 Å². The summed E-state index contributed by atoms with van der Waals surface area (Å²) < 4.78 is 16.1. The average Bonchev–Trinajstić information content (AvgIpc) is 3.48. The van der Waals surface area contributed by atoms with Crippen LogP contribution in [0.2, 0.25) is 5.02 Å². The molecule has 36 heavy (non-hydrogen) atoms. The Morgan fingerprint density at radius 1 is 1.22 bits per heavy atom. The van der Waals surface area contributed by atoms with Crippen LogP contribution in [0, 0.1) is 0 Å². The van der Waals surface area contributed by atoms with Gasteiger partial charge in [0.2, 0.25) is 12.7 Å². The van der Waals surface area contributed by atoms with E-state index in [2.05, 4.69) is 10.3 Å². The van der Waals surface area contributed by atoms with Gasteiger partial charge in [-0.2, -0.15) is 0 Å². The number of halogens is 1. The Balaban J connectivity index is 1.37. The number of esters is 1. The number of rotatable bonds is 7. The largest absolute Gasteiger partial charge is 0.463 e. The topological polar surface area (TPSA) is 89.5 Å². The van der Waals surface area contributed by atoms with Gasteiger partial charge in [0, 0.05) is 17.3 Å². The van der Waals surface area contributed by atoms with Crippen molar-refractivity contribution < 1.29 is 23.8 Å². The van der Waals surface area contributed by atoms with Crippen molar-refractivity contribution in [3.63, 3.8) is 0 Å². The van der Waals surface area contributed by atoms with Crippen LogP contribution in [0.15, 0.2) is 69.8 Å². The van der Waals surface area contributed by atoms with Gasteiger partial charge >= 0.3 is 5.97 Å². The summed E-state index contributed by atoms with van der Waals surface area (Å²) in [5.74, 6) is 0.771. The molecule has 0 bridgehead atoms. The van der Waals surface area contributed by atoms with Gasteiger partial charge in [-0.1, -0.05) is 41.6 Å². The maximum absolute atomic E-state index is 13.0. The van der Waals surface area contributed by atoms with Gasteiger partial charge in [-0.05, 0) is 54.6 Å². The standard InChI is InChI=1S/C26H24ClN3O5S/c1-3-33-25(32)23-15(2)29-26-30(24(23)17-5-4-6-18(27)10-17)19(13-36-26)11-22(31)28-12-16-7-8-20-21(9-16)35-14-34-20/h4-10,13,24H,3,11-12,14H2,1-2H3,(H,28,31). The van der Waals surface area contributed by atoms with Gasteiger partial charge < -0.3 is 24.4 Å². The van der Waals surface area contributed by atoms with E-state index < -0.39 is 12.0 Å². The van der Waals surface area contributed by atoms with Gasteiger partial charge in [-0.25, -0.2) is 9.79 Å². The second kappa shape index (κ2) is 10.3. The predicted octanol–water partition coefficient (Wildman–Crippen LogP) is 4.91. The fourth-order valence-electron chi connectivity index (χ4n) is 4.31. The summed E-state index contributed by atoms with van der Waals surface area (Å²) in [6.07, 6.45) is 0.114. The van der Waals surface area contributed by atoms with Gasteiger partial charge in [0.15, 0.2) is 16.7 Å². The number of amidine groups is 1. The molecule has 8 nitrogen and oxygen atoms in total. The van der Waals surface area contributed by atoms with Crippen LogP contribution >= 0.6 is 23.4 Å². The summed E-state index contributed by atoms with van der Waals surface area (Å²) in [5, 5.41) is 6.11. The molecule has 0 saturated heterocycles. The molecule has 3 aliphatic heterocycles. The van der Waals surface area contributed by atoms with Gasteiger partial charge in [0.1, 0.15) is 0 Å². The zero-order chi connectivity index (χ0) is 25.2. The Kier molecular flexibility index (Phi) is 6.93. The van der Waals surface area contributed by atoms with Gasteiger partial charge in [-0.15, -0.1) is 0 Å². The third-order valence-corrected chi connectivity index (χ3v) is 7.05. The minimum Gasteiger partial charge on any atom is -0.463 e. The third kappa shape index (κ3) is 4.81. The maximum atomic E-state index is 13.0. The molecule has 0 spiro atoms. The number of carbonyl (C=O) groups is 2. The molecule has 1 unspecified atom stereocenters. The van der Waals surface area contributed by atoms with Crippen molar-refractivity contribution in [2.24, 2.45) is 4.99 Å². The summed E-state index contributed by atoms with van der Waals surface area (Å²) in [6.45, 7) is 4.36. The highest BCUT2D eigenvalue weighted by Crippen LogP contribution is 2.45. The third-order valence-electron chi connectivity index (χ3n) is 5.93. The van der Waals surface area contributed by atoms with Crippen LogP contribution in [0.1, 0.15) is 37.4 Å². The minimum absolute atomic E-state index is 0.114. The normalized spacial score (nSPS) is 18.0. The van der Waals surface area contributed by atoms with Crippen molar-refractivity contribution in [3.8, 4) is 11.5 Å². The predicted molar refractivity (Wildman–Crippen MR) is 138 cm³/mol. The van der Waals surface area contributed by atoms with Gasteiger partial charge in [0.25, 0.3) is 0 Å². The van der Waals surface area contributed by atoms with E-state index in [9.17, 15) is 9.59 Å². The second-order valence-corrected chi connectivity index (χ2v) is 9.58. The Morgan fingerprint density at radius 3 is 2.86 bits per heavy atom. The molecular weight excluding hydrogens is 502 g/mol. The zero-order valence-corrected chi connectivity index (χ0v) is 21.3. The number of carbonyl (C=O) groups excluding carboxylic acids is 2. The first-order valence-electron chi connectivity index (χ1n) is 11.5. The summed E-state index contributed by atoms with van der Waals surface area (Å²) in [5.41, 5.74) is 3.46. The van der Waals surface area contributed by atoms with Crippen molar-refractivity contribution >= 4 is 40.4 Å². The highest BCUT2D eigenvalue weighted by Gasteiger charge is 2.41. The summed E-state index contributed by atoms with van der Waals surface area (Å²) in [4.78, 5) is 32.5. The molecule has 1 N–H and O–H groups in total. The minimum atomic E-state index is -0.516. The second-order valence-electron chi connectivity index (χ2n) is 8.31. The quantitative estimate of drug-likeness (QED) is 0.513. The van der Waals surface area contributed by atoms with E-state index in [-0.39, 0.29) is 25.7 Å². The average molecular weight is 526 g/mol. The smallest absolute Gasteiger partial charge is 0.338 e. The Hall–Kier alpha value is -3.43. The summed E-state index contributed by atoms with van der Waals surface area (Å²) in [7, 11) is 0. The van der Waals surface area contributed by atoms with Crippen LogP contribution in [0.3, 0.4) is 0 Å². The van der Waals surface area contributed by atoms with E-state index in [1.165, 1.54) is 11.8 Å².